The summed E-state index contributed by atoms with van der Waals surface area (Å²) in [5, 5.41) is 15.9. The van der Waals surface area contributed by atoms with Crippen molar-refractivity contribution in [3.63, 3.8) is 0 Å². The minimum absolute atomic E-state index is 0. The summed E-state index contributed by atoms with van der Waals surface area (Å²) in [5.74, 6) is 1.57. The molecule has 27 heavy (non-hydrogen) atoms. The Labute approximate surface area is 183 Å². The van der Waals surface area contributed by atoms with Crippen LogP contribution in [0.4, 0.5) is 4.39 Å². The lowest BCUT2D eigenvalue weighted by Gasteiger charge is -2.24. The summed E-state index contributed by atoms with van der Waals surface area (Å²) in [4.78, 5) is 5.79. The van der Waals surface area contributed by atoms with E-state index >= 15 is 0 Å². The van der Waals surface area contributed by atoms with Gasteiger partial charge in [0, 0.05) is 36.6 Å². The molecule has 5 nitrogen and oxygen atoms in total. The van der Waals surface area contributed by atoms with E-state index < -0.39 is 0 Å². The van der Waals surface area contributed by atoms with Crippen molar-refractivity contribution >= 4 is 41.7 Å². The third-order valence-electron chi connectivity index (χ3n) is 4.44. The first-order valence-electron chi connectivity index (χ1n) is 9.26. The van der Waals surface area contributed by atoms with E-state index in [-0.39, 0.29) is 41.8 Å². The number of nitrogens with zero attached hydrogens (tertiary/aromatic N) is 1. The van der Waals surface area contributed by atoms with Gasteiger partial charge in [-0.3, -0.25) is 4.99 Å². The Morgan fingerprint density at radius 3 is 2.74 bits per heavy atom. The molecule has 0 bridgehead atoms. The molecule has 1 aliphatic heterocycles. The molecule has 2 rings (SSSR count). The van der Waals surface area contributed by atoms with E-state index in [2.05, 4.69) is 10.6 Å². The van der Waals surface area contributed by atoms with E-state index in [1.165, 1.54) is 12.1 Å². The molecule has 3 N–H and O–H groups in total. The first kappa shape index (κ1) is 24.5. The van der Waals surface area contributed by atoms with Gasteiger partial charge < -0.3 is 20.5 Å². The van der Waals surface area contributed by atoms with E-state index in [0.717, 1.165) is 55.6 Å². The van der Waals surface area contributed by atoms with E-state index in [1.54, 1.807) is 11.8 Å². The summed E-state index contributed by atoms with van der Waals surface area (Å²) in [7, 11) is 0. The van der Waals surface area contributed by atoms with Crippen molar-refractivity contribution in [2.75, 3.05) is 45.2 Å². The molecule has 1 atom stereocenters. The number of hydrogen-bond donors (Lipinski definition) is 3. The van der Waals surface area contributed by atoms with Crippen molar-refractivity contribution in [2.45, 2.75) is 31.1 Å². The van der Waals surface area contributed by atoms with Crippen molar-refractivity contribution < 1.29 is 14.2 Å². The Bertz CT molecular complexity index is 554. The van der Waals surface area contributed by atoms with E-state index in [9.17, 15) is 9.50 Å². The lowest BCUT2D eigenvalue weighted by molar-refractivity contribution is 0.131. The lowest BCUT2D eigenvalue weighted by atomic mass is 9.84. The van der Waals surface area contributed by atoms with Crippen LogP contribution in [0.2, 0.25) is 0 Å². The Kier molecular flexibility index (Phi) is 12.3. The van der Waals surface area contributed by atoms with Crippen LogP contribution in [-0.2, 0) is 4.74 Å². The molecule has 1 aromatic rings. The number of thioether (sulfide) groups is 1. The molecule has 154 valence electrons. The van der Waals surface area contributed by atoms with Crippen LogP contribution in [-0.4, -0.2) is 56.3 Å². The minimum Gasteiger partial charge on any atom is -0.396 e. The molecule has 1 aromatic carbocycles. The van der Waals surface area contributed by atoms with Crippen LogP contribution in [0.5, 0.6) is 0 Å². The van der Waals surface area contributed by atoms with Crippen molar-refractivity contribution in [2.24, 2.45) is 10.4 Å². The molecule has 0 aromatic heterocycles. The second kappa shape index (κ2) is 13.6. The number of aliphatic hydroxyl groups is 1. The van der Waals surface area contributed by atoms with Gasteiger partial charge in [0.2, 0.25) is 0 Å². The zero-order valence-electron chi connectivity index (χ0n) is 15.9. The van der Waals surface area contributed by atoms with Crippen LogP contribution in [0.25, 0.3) is 0 Å². The molecule has 0 spiro atoms. The fourth-order valence-corrected chi connectivity index (χ4v) is 3.73. The third kappa shape index (κ3) is 8.97. The number of aliphatic hydroxyl groups excluding tert-OH is 1. The lowest BCUT2D eigenvalue weighted by Crippen LogP contribution is -2.39. The molecule has 1 fully saturated rings. The topological polar surface area (TPSA) is 65.9 Å². The Morgan fingerprint density at radius 2 is 2.11 bits per heavy atom. The second-order valence-corrected chi connectivity index (χ2v) is 7.72. The van der Waals surface area contributed by atoms with Gasteiger partial charge in [-0.05, 0) is 56.2 Å². The average Bonchev–Trinajstić information content (AvgIpc) is 3.10. The standard InChI is InChI=1S/C19H30FN3O2S.HI/c1-2-21-18(23-14-19(8-11-24)9-12-25-15-19)22-10-3-13-26-17-6-4-16(20)5-7-17;/h4-7,24H,2-3,8-15H2,1H3,(H2,21,22,23);1H. The van der Waals surface area contributed by atoms with Gasteiger partial charge in [0.05, 0.1) is 13.2 Å². The molecule has 0 saturated carbocycles. The summed E-state index contributed by atoms with van der Waals surface area (Å²) in [6.45, 7) is 5.93. The van der Waals surface area contributed by atoms with Crippen molar-refractivity contribution in [1.82, 2.24) is 10.6 Å². The molecule has 8 heteroatoms. The molecule has 0 radical (unpaired) electrons. The van der Waals surface area contributed by atoms with Crippen LogP contribution >= 0.6 is 35.7 Å². The molecular formula is C19H31FIN3O2S. The number of hydrogen-bond acceptors (Lipinski definition) is 4. The Hall–Kier alpha value is -0.580. The fraction of sp³-hybridized carbons (Fsp3) is 0.632. The maximum Gasteiger partial charge on any atom is 0.191 e. The second-order valence-electron chi connectivity index (χ2n) is 6.55. The molecule has 1 heterocycles. The average molecular weight is 511 g/mol. The first-order chi connectivity index (χ1) is 12.7. The molecule has 0 amide bonds. The molecule has 1 saturated heterocycles. The SMILES string of the molecule is CCNC(=NCC1(CCO)CCOC1)NCCCSc1ccc(F)cc1.I. The summed E-state index contributed by atoms with van der Waals surface area (Å²) in [5.41, 5.74) is -0.0322. The number of halogens is 2. The van der Waals surface area contributed by atoms with Gasteiger partial charge >= 0.3 is 0 Å². The van der Waals surface area contributed by atoms with Gasteiger partial charge in [-0.1, -0.05) is 0 Å². The summed E-state index contributed by atoms with van der Waals surface area (Å²) >= 11 is 1.72. The quantitative estimate of drug-likeness (QED) is 0.148. The Morgan fingerprint density at radius 1 is 1.33 bits per heavy atom. The van der Waals surface area contributed by atoms with Gasteiger partial charge in [-0.25, -0.2) is 4.39 Å². The van der Waals surface area contributed by atoms with Crippen molar-refractivity contribution in [3.05, 3.63) is 30.1 Å². The zero-order valence-corrected chi connectivity index (χ0v) is 19.0. The molecule has 1 aliphatic rings. The smallest absolute Gasteiger partial charge is 0.191 e. The minimum atomic E-state index is -0.200. The fourth-order valence-electron chi connectivity index (χ4n) is 2.88. The number of aliphatic imine (C=N–C) groups is 1. The monoisotopic (exact) mass is 511 g/mol. The molecular weight excluding hydrogens is 480 g/mol. The maximum absolute atomic E-state index is 12.9. The van der Waals surface area contributed by atoms with Gasteiger partial charge in [0.15, 0.2) is 5.96 Å². The van der Waals surface area contributed by atoms with Crippen molar-refractivity contribution in [3.8, 4) is 0 Å². The summed E-state index contributed by atoms with van der Waals surface area (Å²) in [6.07, 6.45) is 2.66. The van der Waals surface area contributed by atoms with E-state index in [4.69, 9.17) is 9.73 Å². The molecule has 0 aliphatic carbocycles. The van der Waals surface area contributed by atoms with Gasteiger partial charge in [-0.15, -0.1) is 35.7 Å². The highest BCUT2D eigenvalue weighted by Crippen LogP contribution is 2.32. The van der Waals surface area contributed by atoms with E-state index in [1.807, 2.05) is 19.1 Å². The first-order valence-corrected chi connectivity index (χ1v) is 10.3. The molecule has 1 unspecified atom stereocenters. The van der Waals surface area contributed by atoms with Crippen LogP contribution < -0.4 is 10.6 Å². The van der Waals surface area contributed by atoms with Gasteiger partial charge in [-0.2, -0.15) is 0 Å². The summed E-state index contributed by atoms with van der Waals surface area (Å²) in [6, 6.07) is 6.60. The van der Waals surface area contributed by atoms with Crippen LogP contribution in [0.3, 0.4) is 0 Å². The maximum atomic E-state index is 12.9. The van der Waals surface area contributed by atoms with Crippen molar-refractivity contribution in [1.29, 1.82) is 0 Å². The highest BCUT2D eigenvalue weighted by molar-refractivity contribution is 14.0. The highest BCUT2D eigenvalue weighted by Gasteiger charge is 2.34. The summed E-state index contributed by atoms with van der Waals surface area (Å²) < 4.78 is 18.4. The third-order valence-corrected chi connectivity index (χ3v) is 5.54. The number of rotatable bonds is 10. The zero-order chi connectivity index (χ0) is 18.7. The highest BCUT2D eigenvalue weighted by atomic mass is 127. The van der Waals surface area contributed by atoms with Crippen LogP contribution in [0.1, 0.15) is 26.2 Å². The number of ether oxygens (including phenoxy) is 1. The predicted molar refractivity (Wildman–Crippen MR) is 121 cm³/mol. The number of nitrogens with one attached hydrogen (secondary N) is 2. The largest absolute Gasteiger partial charge is 0.396 e. The van der Waals surface area contributed by atoms with Crippen LogP contribution in [0, 0.1) is 11.2 Å². The number of guanidine groups is 1. The predicted octanol–water partition coefficient (Wildman–Crippen LogP) is 3.27. The van der Waals surface area contributed by atoms with Gasteiger partial charge in [0.1, 0.15) is 5.82 Å². The normalized spacial score (nSPS) is 19.6. The number of benzene rings is 1. The Balaban J connectivity index is 0.00000364. The van der Waals surface area contributed by atoms with Gasteiger partial charge in [0.25, 0.3) is 0 Å². The van der Waals surface area contributed by atoms with E-state index in [0.29, 0.717) is 13.2 Å². The van der Waals surface area contributed by atoms with Crippen LogP contribution in [0.15, 0.2) is 34.2 Å².